The molecule has 23 heavy (non-hydrogen) atoms. The molecule has 2 N–H and O–H groups in total. The highest BCUT2D eigenvalue weighted by Gasteiger charge is 2.36. The number of pyridine rings is 1. The highest BCUT2D eigenvalue weighted by molar-refractivity contribution is 5.94. The van der Waals surface area contributed by atoms with E-state index in [4.69, 9.17) is 5.73 Å². The van der Waals surface area contributed by atoms with Crippen molar-refractivity contribution in [3.63, 3.8) is 0 Å². The predicted octanol–water partition coefficient (Wildman–Crippen LogP) is 3.61. The van der Waals surface area contributed by atoms with E-state index in [0.29, 0.717) is 0 Å². The van der Waals surface area contributed by atoms with Gasteiger partial charge >= 0.3 is 0 Å². The third-order valence-electron chi connectivity index (χ3n) is 4.95. The Morgan fingerprint density at radius 1 is 1.00 bits per heavy atom. The van der Waals surface area contributed by atoms with Crippen LogP contribution < -0.4 is 10.6 Å². The van der Waals surface area contributed by atoms with Gasteiger partial charge in [0.1, 0.15) is 5.82 Å². The number of hydrogen-bond donors (Lipinski definition) is 1. The SMILES string of the molecule is Cc1cccc2c(N3CCC(N)(c4ccccc4)C3)nccc12. The van der Waals surface area contributed by atoms with Crippen molar-refractivity contribution in [1.29, 1.82) is 0 Å². The Bertz CT molecular complexity index is 844. The molecule has 1 unspecified atom stereocenters. The predicted molar refractivity (Wildman–Crippen MR) is 95.6 cm³/mol. The van der Waals surface area contributed by atoms with E-state index in [0.717, 1.165) is 25.3 Å². The minimum absolute atomic E-state index is 0.297. The second-order valence-electron chi connectivity index (χ2n) is 6.50. The minimum Gasteiger partial charge on any atom is -0.354 e. The van der Waals surface area contributed by atoms with Crippen LogP contribution in [-0.4, -0.2) is 18.1 Å². The lowest BCUT2D eigenvalue weighted by Crippen LogP contribution is -2.39. The van der Waals surface area contributed by atoms with E-state index in [1.54, 1.807) is 0 Å². The molecule has 3 aromatic rings. The molecule has 0 aliphatic carbocycles. The monoisotopic (exact) mass is 303 g/mol. The molecule has 0 saturated carbocycles. The number of hydrogen-bond acceptors (Lipinski definition) is 3. The number of nitrogens with two attached hydrogens (primary N) is 1. The van der Waals surface area contributed by atoms with Crippen LogP contribution in [0.2, 0.25) is 0 Å². The number of anilines is 1. The summed E-state index contributed by atoms with van der Waals surface area (Å²) >= 11 is 0. The maximum absolute atomic E-state index is 6.71. The van der Waals surface area contributed by atoms with Crippen molar-refractivity contribution >= 4 is 16.6 Å². The van der Waals surface area contributed by atoms with Gasteiger partial charge in [0.2, 0.25) is 0 Å². The first-order chi connectivity index (χ1) is 11.2. The van der Waals surface area contributed by atoms with Crippen molar-refractivity contribution in [2.45, 2.75) is 18.9 Å². The smallest absolute Gasteiger partial charge is 0.136 e. The van der Waals surface area contributed by atoms with E-state index < -0.39 is 0 Å². The maximum Gasteiger partial charge on any atom is 0.136 e. The number of fused-ring (bicyclic) bond motifs is 1. The molecule has 4 rings (SSSR count). The molecule has 2 heterocycles. The van der Waals surface area contributed by atoms with Crippen LogP contribution in [0.3, 0.4) is 0 Å². The summed E-state index contributed by atoms with van der Waals surface area (Å²) in [5.41, 5.74) is 8.91. The van der Waals surface area contributed by atoms with E-state index in [1.807, 2.05) is 12.3 Å². The fraction of sp³-hybridized carbons (Fsp3) is 0.250. The molecule has 3 heteroatoms. The van der Waals surface area contributed by atoms with Crippen LogP contribution in [0.1, 0.15) is 17.5 Å². The maximum atomic E-state index is 6.71. The molecule has 0 bridgehead atoms. The van der Waals surface area contributed by atoms with Crippen molar-refractivity contribution in [3.05, 3.63) is 71.9 Å². The average molecular weight is 303 g/mol. The Labute approximate surface area is 136 Å². The van der Waals surface area contributed by atoms with E-state index in [9.17, 15) is 0 Å². The lowest BCUT2D eigenvalue weighted by molar-refractivity contribution is 0.499. The van der Waals surface area contributed by atoms with Crippen LogP contribution in [0, 0.1) is 6.92 Å². The van der Waals surface area contributed by atoms with Gasteiger partial charge in [0.25, 0.3) is 0 Å². The molecule has 2 aromatic carbocycles. The summed E-state index contributed by atoms with van der Waals surface area (Å²) in [5.74, 6) is 1.05. The molecular formula is C20H21N3. The summed E-state index contributed by atoms with van der Waals surface area (Å²) in [4.78, 5) is 6.99. The number of benzene rings is 2. The molecule has 1 aliphatic heterocycles. The van der Waals surface area contributed by atoms with Crippen LogP contribution in [0.5, 0.6) is 0 Å². The summed E-state index contributed by atoms with van der Waals surface area (Å²) in [6.45, 7) is 3.88. The quantitative estimate of drug-likeness (QED) is 0.786. The van der Waals surface area contributed by atoms with Gasteiger partial charge in [-0.15, -0.1) is 0 Å². The third kappa shape index (κ3) is 2.37. The molecule has 3 nitrogen and oxygen atoms in total. The van der Waals surface area contributed by atoms with Gasteiger partial charge in [-0.25, -0.2) is 4.98 Å². The standard InChI is InChI=1S/C20H21N3/c1-15-6-5-9-18-17(15)10-12-22-19(18)23-13-11-20(21,14-23)16-7-3-2-4-8-16/h2-10,12H,11,13-14,21H2,1H3. The van der Waals surface area contributed by atoms with Gasteiger partial charge in [0.15, 0.2) is 0 Å². The van der Waals surface area contributed by atoms with Crippen LogP contribution in [0.15, 0.2) is 60.8 Å². The van der Waals surface area contributed by atoms with Gasteiger partial charge in [-0.3, -0.25) is 0 Å². The minimum atomic E-state index is -0.297. The van der Waals surface area contributed by atoms with Crippen molar-refractivity contribution in [3.8, 4) is 0 Å². The van der Waals surface area contributed by atoms with Gasteiger partial charge < -0.3 is 10.6 Å². The molecule has 0 amide bonds. The van der Waals surface area contributed by atoms with Gasteiger partial charge in [0.05, 0.1) is 5.54 Å². The highest BCUT2D eigenvalue weighted by atomic mass is 15.2. The summed E-state index contributed by atoms with van der Waals surface area (Å²) in [6, 6.07) is 18.9. The van der Waals surface area contributed by atoms with Gasteiger partial charge in [0, 0.05) is 24.7 Å². The summed E-state index contributed by atoms with van der Waals surface area (Å²) < 4.78 is 0. The first-order valence-electron chi connectivity index (χ1n) is 8.11. The van der Waals surface area contributed by atoms with E-state index in [-0.39, 0.29) is 5.54 Å². The fourth-order valence-electron chi connectivity index (χ4n) is 3.62. The van der Waals surface area contributed by atoms with Crippen LogP contribution in [0.4, 0.5) is 5.82 Å². The molecule has 1 atom stereocenters. The lowest BCUT2D eigenvalue weighted by atomic mass is 9.90. The Morgan fingerprint density at radius 3 is 2.65 bits per heavy atom. The van der Waals surface area contributed by atoms with Crippen LogP contribution >= 0.6 is 0 Å². The van der Waals surface area contributed by atoms with Crippen LogP contribution in [-0.2, 0) is 5.54 Å². The van der Waals surface area contributed by atoms with Crippen LogP contribution in [0.25, 0.3) is 10.8 Å². The zero-order chi connectivity index (χ0) is 15.9. The molecule has 1 fully saturated rings. The largest absolute Gasteiger partial charge is 0.354 e. The fourth-order valence-corrected chi connectivity index (χ4v) is 3.62. The summed E-state index contributed by atoms with van der Waals surface area (Å²) in [6.07, 6.45) is 2.85. The normalized spacial score (nSPS) is 21.0. The van der Waals surface area contributed by atoms with Gasteiger partial charge in [-0.05, 0) is 35.9 Å². The second-order valence-corrected chi connectivity index (χ2v) is 6.50. The van der Waals surface area contributed by atoms with Crippen molar-refractivity contribution < 1.29 is 0 Å². The number of aromatic nitrogens is 1. The molecule has 116 valence electrons. The van der Waals surface area contributed by atoms with Crippen molar-refractivity contribution in [2.24, 2.45) is 5.73 Å². The third-order valence-corrected chi connectivity index (χ3v) is 4.95. The Hall–Kier alpha value is -2.39. The Morgan fingerprint density at radius 2 is 1.83 bits per heavy atom. The van der Waals surface area contributed by atoms with Crippen molar-refractivity contribution in [1.82, 2.24) is 4.98 Å². The molecular weight excluding hydrogens is 282 g/mol. The first-order valence-corrected chi connectivity index (χ1v) is 8.11. The molecule has 1 saturated heterocycles. The van der Waals surface area contributed by atoms with Crippen molar-refractivity contribution in [2.75, 3.05) is 18.0 Å². The van der Waals surface area contributed by atoms with E-state index in [1.165, 1.54) is 21.9 Å². The highest BCUT2D eigenvalue weighted by Crippen LogP contribution is 2.35. The average Bonchev–Trinajstić information content (AvgIpc) is 2.99. The number of aryl methyl sites for hydroxylation is 1. The summed E-state index contributed by atoms with van der Waals surface area (Å²) in [7, 11) is 0. The molecule has 1 aliphatic rings. The zero-order valence-electron chi connectivity index (χ0n) is 13.4. The summed E-state index contributed by atoms with van der Waals surface area (Å²) in [5, 5.41) is 2.48. The second kappa shape index (κ2) is 5.36. The van der Waals surface area contributed by atoms with E-state index in [2.05, 4.69) is 65.3 Å². The van der Waals surface area contributed by atoms with Gasteiger partial charge in [-0.1, -0.05) is 48.5 Å². The molecule has 0 spiro atoms. The first kappa shape index (κ1) is 14.2. The zero-order valence-corrected chi connectivity index (χ0v) is 13.4. The molecule has 1 aromatic heterocycles. The number of nitrogens with zero attached hydrogens (tertiary/aromatic N) is 2. The Balaban J connectivity index is 1.73. The van der Waals surface area contributed by atoms with Gasteiger partial charge in [-0.2, -0.15) is 0 Å². The molecule has 0 radical (unpaired) electrons. The van der Waals surface area contributed by atoms with E-state index >= 15 is 0 Å². The Kier molecular flexibility index (Phi) is 3.31. The number of rotatable bonds is 2. The topological polar surface area (TPSA) is 42.1 Å². The lowest BCUT2D eigenvalue weighted by Gasteiger charge is -2.26.